The van der Waals surface area contributed by atoms with E-state index in [9.17, 15) is 9.59 Å². The number of aromatic nitrogens is 3. The van der Waals surface area contributed by atoms with E-state index in [1.54, 1.807) is 24.0 Å². The molecule has 1 aromatic heterocycles. The number of rotatable bonds is 3. The van der Waals surface area contributed by atoms with Crippen molar-refractivity contribution in [2.45, 2.75) is 13.5 Å². The molecule has 2 amide bonds. The highest BCUT2D eigenvalue weighted by Gasteiger charge is 2.27. The van der Waals surface area contributed by atoms with Gasteiger partial charge in [-0.05, 0) is 6.92 Å². The largest absolute Gasteiger partial charge is 0.273 e. The molecule has 1 aromatic rings. The van der Waals surface area contributed by atoms with Gasteiger partial charge in [-0.25, -0.2) is 0 Å². The van der Waals surface area contributed by atoms with Gasteiger partial charge >= 0.3 is 0 Å². The number of hydrogen-bond acceptors (Lipinski definition) is 4. The van der Waals surface area contributed by atoms with Gasteiger partial charge in [-0.3, -0.25) is 19.2 Å². The van der Waals surface area contributed by atoms with Crippen LogP contribution in [-0.2, 0) is 16.1 Å². The molecule has 2 heterocycles. The summed E-state index contributed by atoms with van der Waals surface area (Å²) in [5.41, 5.74) is 0.485. The molecule has 0 unspecified atom stereocenters. The van der Waals surface area contributed by atoms with E-state index in [0.717, 1.165) is 0 Å². The van der Waals surface area contributed by atoms with Crippen LogP contribution < -0.4 is 0 Å². The van der Waals surface area contributed by atoms with E-state index >= 15 is 0 Å². The van der Waals surface area contributed by atoms with Gasteiger partial charge in [-0.15, -0.1) is 5.10 Å². The van der Waals surface area contributed by atoms with Crippen molar-refractivity contribution in [1.29, 1.82) is 0 Å². The van der Waals surface area contributed by atoms with Crippen LogP contribution in [0.5, 0.6) is 0 Å². The Bertz CT molecular complexity index is 421. The average Bonchev–Trinajstić information content (AvgIpc) is 2.76. The Labute approximate surface area is 86.2 Å². The van der Waals surface area contributed by atoms with Crippen molar-refractivity contribution in [3.8, 4) is 0 Å². The van der Waals surface area contributed by atoms with Gasteiger partial charge in [0.1, 0.15) is 0 Å². The number of carbonyl (C=O) groups excluding carboxylic acids is 2. The number of hydrogen-bond donors (Lipinski definition) is 0. The minimum Gasteiger partial charge on any atom is -0.273 e. The Morgan fingerprint density at radius 2 is 2.13 bits per heavy atom. The monoisotopic (exact) mass is 206 g/mol. The van der Waals surface area contributed by atoms with Crippen LogP contribution in [0.2, 0.25) is 0 Å². The van der Waals surface area contributed by atoms with E-state index in [1.807, 2.05) is 0 Å². The third-order valence-electron chi connectivity index (χ3n) is 2.21. The topological polar surface area (TPSA) is 68.1 Å². The maximum Gasteiger partial charge on any atom is 0.256 e. The number of amides is 2. The molecule has 0 bridgehead atoms. The zero-order valence-electron chi connectivity index (χ0n) is 8.25. The molecular formula is C9H10N4O2. The van der Waals surface area contributed by atoms with Gasteiger partial charge in [0.15, 0.2) is 0 Å². The van der Waals surface area contributed by atoms with Gasteiger partial charge in [0.05, 0.1) is 12.7 Å². The molecule has 78 valence electrons. The fraction of sp³-hybridized carbons (Fsp3) is 0.333. The van der Waals surface area contributed by atoms with Gasteiger partial charge in [0, 0.05) is 24.4 Å². The van der Waals surface area contributed by atoms with Crippen LogP contribution in [0.3, 0.4) is 0 Å². The molecule has 0 aromatic carbocycles. The van der Waals surface area contributed by atoms with Crippen LogP contribution in [-0.4, -0.2) is 38.3 Å². The lowest BCUT2D eigenvalue weighted by molar-refractivity contribution is -0.137. The summed E-state index contributed by atoms with van der Waals surface area (Å²) >= 11 is 0. The van der Waals surface area contributed by atoms with Crippen molar-refractivity contribution in [1.82, 2.24) is 19.9 Å². The predicted octanol–water partition coefficient (Wildman–Crippen LogP) is -0.407. The summed E-state index contributed by atoms with van der Waals surface area (Å²) in [5.74, 6) is -0.474. The zero-order valence-corrected chi connectivity index (χ0v) is 8.25. The molecule has 0 aliphatic carbocycles. The Hall–Kier alpha value is -1.98. The minimum atomic E-state index is -0.252. The first kappa shape index (κ1) is 9.57. The molecule has 0 radical (unpaired) electrons. The highest BCUT2D eigenvalue weighted by atomic mass is 16.2. The van der Waals surface area contributed by atoms with Gasteiger partial charge in [-0.2, -0.15) is 0 Å². The zero-order chi connectivity index (χ0) is 10.8. The Balaban J connectivity index is 1.97. The van der Waals surface area contributed by atoms with Crippen molar-refractivity contribution in [2.75, 3.05) is 6.54 Å². The highest BCUT2D eigenvalue weighted by molar-refractivity contribution is 6.15. The van der Waals surface area contributed by atoms with Crippen molar-refractivity contribution in [3.63, 3.8) is 0 Å². The second-order valence-corrected chi connectivity index (χ2v) is 3.29. The Morgan fingerprint density at radius 1 is 1.33 bits per heavy atom. The van der Waals surface area contributed by atoms with Gasteiger partial charge in [0.25, 0.3) is 11.8 Å². The summed E-state index contributed by atoms with van der Waals surface area (Å²) in [7, 11) is 0. The summed E-state index contributed by atoms with van der Waals surface area (Å²) in [5, 5.41) is 7.38. The fourth-order valence-corrected chi connectivity index (χ4v) is 1.40. The van der Waals surface area contributed by atoms with E-state index in [2.05, 4.69) is 10.3 Å². The normalized spacial score (nSPS) is 16.1. The Morgan fingerprint density at radius 3 is 2.67 bits per heavy atom. The first-order valence-corrected chi connectivity index (χ1v) is 4.56. The van der Waals surface area contributed by atoms with Crippen molar-refractivity contribution in [3.05, 3.63) is 24.0 Å². The number of carbonyl (C=O) groups is 2. The summed E-state index contributed by atoms with van der Waals surface area (Å²) < 4.78 is 1.58. The van der Waals surface area contributed by atoms with E-state index in [4.69, 9.17) is 0 Å². The molecule has 0 saturated carbocycles. The maximum atomic E-state index is 11.5. The van der Waals surface area contributed by atoms with Gasteiger partial charge in [0.2, 0.25) is 0 Å². The summed E-state index contributed by atoms with van der Waals surface area (Å²) in [4.78, 5) is 24.0. The molecule has 15 heavy (non-hydrogen) atoms. The van der Waals surface area contributed by atoms with Crippen molar-refractivity contribution < 1.29 is 9.59 Å². The molecule has 0 saturated heterocycles. The van der Waals surface area contributed by atoms with E-state index in [1.165, 1.54) is 11.0 Å². The van der Waals surface area contributed by atoms with Crippen LogP contribution in [0.15, 0.2) is 24.0 Å². The maximum absolute atomic E-state index is 11.5. The molecule has 1 aliphatic rings. The van der Waals surface area contributed by atoms with Gasteiger partial charge < -0.3 is 0 Å². The second-order valence-electron chi connectivity index (χ2n) is 3.29. The molecule has 0 spiro atoms. The fourth-order valence-electron chi connectivity index (χ4n) is 1.40. The van der Waals surface area contributed by atoms with Crippen LogP contribution in [0.4, 0.5) is 0 Å². The number of imide groups is 1. The van der Waals surface area contributed by atoms with Crippen LogP contribution in [0, 0.1) is 0 Å². The highest BCUT2D eigenvalue weighted by Crippen LogP contribution is 2.11. The molecule has 0 fully saturated rings. The Kier molecular flexibility index (Phi) is 2.32. The molecular weight excluding hydrogens is 196 g/mol. The van der Waals surface area contributed by atoms with Crippen molar-refractivity contribution in [2.24, 2.45) is 0 Å². The SMILES string of the molecule is CC1=CC(=O)N(CCn2ccnn2)C1=O. The van der Waals surface area contributed by atoms with E-state index < -0.39 is 0 Å². The van der Waals surface area contributed by atoms with E-state index in [-0.39, 0.29) is 11.8 Å². The lowest BCUT2D eigenvalue weighted by Crippen LogP contribution is -2.33. The molecule has 2 rings (SSSR count). The first-order valence-electron chi connectivity index (χ1n) is 4.56. The summed E-state index contributed by atoms with van der Waals surface area (Å²) in [6.45, 7) is 2.43. The molecule has 0 atom stereocenters. The average molecular weight is 206 g/mol. The minimum absolute atomic E-state index is 0.222. The molecule has 6 nitrogen and oxygen atoms in total. The third-order valence-corrected chi connectivity index (χ3v) is 2.21. The number of nitrogens with zero attached hydrogens (tertiary/aromatic N) is 4. The van der Waals surface area contributed by atoms with Crippen molar-refractivity contribution >= 4 is 11.8 Å². The van der Waals surface area contributed by atoms with Crippen LogP contribution >= 0.6 is 0 Å². The smallest absolute Gasteiger partial charge is 0.256 e. The quantitative estimate of drug-likeness (QED) is 0.631. The predicted molar refractivity (Wildman–Crippen MR) is 50.5 cm³/mol. The first-order chi connectivity index (χ1) is 7.18. The second kappa shape index (κ2) is 3.64. The third kappa shape index (κ3) is 1.78. The van der Waals surface area contributed by atoms with Crippen LogP contribution in [0.1, 0.15) is 6.92 Å². The molecule has 0 N–H and O–H groups in total. The van der Waals surface area contributed by atoms with E-state index in [0.29, 0.717) is 18.7 Å². The van der Waals surface area contributed by atoms with Crippen LogP contribution in [0.25, 0.3) is 0 Å². The summed E-state index contributed by atoms with van der Waals surface area (Å²) in [6, 6.07) is 0. The van der Waals surface area contributed by atoms with Gasteiger partial charge in [-0.1, -0.05) is 5.21 Å². The lowest BCUT2D eigenvalue weighted by atomic mass is 10.3. The summed E-state index contributed by atoms with van der Waals surface area (Å²) in [6.07, 6.45) is 4.59. The lowest BCUT2D eigenvalue weighted by Gasteiger charge is -2.13. The standard InChI is InChI=1S/C9H10N4O2/c1-7-6-8(14)13(9(7)15)5-4-12-3-2-10-11-12/h2-3,6H,4-5H2,1H3. The molecule has 1 aliphatic heterocycles. The molecule has 6 heteroatoms.